The Bertz CT molecular complexity index is 1150. The summed E-state index contributed by atoms with van der Waals surface area (Å²) in [5.41, 5.74) is 2.24. The fraction of sp³-hybridized carbons (Fsp3) is 0.208. The second kappa shape index (κ2) is 8.55. The fourth-order valence-corrected chi connectivity index (χ4v) is 4.22. The lowest BCUT2D eigenvalue weighted by atomic mass is 9.87. The van der Waals surface area contributed by atoms with E-state index in [-0.39, 0.29) is 5.56 Å². The number of carbonyl (C=O) groups excluding carboxylic acids is 1. The van der Waals surface area contributed by atoms with E-state index in [1.807, 2.05) is 18.2 Å². The normalized spacial score (nSPS) is 15.4. The largest absolute Gasteiger partial charge is 0.493 e. The number of amides is 1. The van der Waals surface area contributed by atoms with Gasteiger partial charge in [-0.25, -0.2) is 8.78 Å². The zero-order valence-electron chi connectivity index (χ0n) is 17.0. The molecule has 0 saturated heterocycles. The highest BCUT2D eigenvalue weighted by atomic mass is 35.5. The molecular formula is C24H20ClF2NO3. The van der Waals surface area contributed by atoms with Gasteiger partial charge in [0.15, 0.2) is 11.5 Å². The highest BCUT2D eigenvalue weighted by Crippen LogP contribution is 2.42. The van der Waals surface area contributed by atoms with Crippen molar-refractivity contribution in [2.75, 3.05) is 20.8 Å². The highest BCUT2D eigenvalue weighted by molar-refractivity contribution is 6.30. The molecule has 0 N–H and O–H groups in total. The second-order valence-corrected chi connectivity index (χ2v) is 7.67. The van der Waals surface area contributed by atoms with Crippen molar-refractivity contribution in [2.24, 2.45) is 0 Å². The van der Waals surface area contributed by atoms with Crippen molar-refractivity contribution in [1.82, 2.24) is 4.90 Å². The molecule has 4 rings (SSSR count). The van der Waals surface area contributed by atoms with E-state index in [1.54, 1.807) is 25.3 Å². The van der Waals surface area contributed by atoms with Gasteiger partial charge in [0, 0.05) is 11.6 Å². The van der Waals surface area contributed by atoms with Crippen LogP contribution in [0, 0.1) is 11.6 Å². The first kappa shape index (κ1) is 21.1. The van der Waals surface area contributed by atoms with Gasteiger partial charge in [-0.2, -0.15) is 0 Å². The Kier molecular flexibility index (Phi) is 5.83. The van der Waals surface area contributed by atoms with Crippen LogP contribution in [0.4, 0.5) is 8.78 Å². The van der Waals surface area contributed by atoms with E-state index in [0.717, 1.165) is 34.9 Å². The van der Waals surface area contributed by atoms with E-state index < -0.39 is 23.6 Å². The van der Waals surface area contributed by atoms with Crippen LogP contribution in [0.2, 0.25) is 5.02 Å². The molecule has 4 nitrogen and oxygen atoms in total. The van der Waals surface area contributed by atoms with Crippen molar-refractivity contribution in [3.63, 3.8) is 0 Å². The molecule has 0 aromatic heterocycles. The molecule has 1 atom stereocenters. The number of ether oxygens (including phenoxy) is 2. The molecule has 0 radical (unpaired) electrons. The minimum absolute atomic E-state index is 0.309. The van der Waals surface area contributed by atoms with Crippen LogP contribution < -0.4 is 9.47 Å². The summed E-state index contributed by atoms with van der Waals surface area (Å²) in [6, 6.07) is 13.2. The maximum Gasteiger partial charge on any atom is 0.257 e. The van der Waals surface area contributed by atoms with Crippen LogP contribution in [0.15, 0.2) is 54.6 Å². The number of fused-ring (bicyclic) bond motifs is 1. The van der Waals surface area contributed by atoms with Crippen molar-refractivity contribution < 1.29 is 23.0 Å². The van der Waals surface area contributed by atoms with Crippen molar-refractivity contribution in [3.05, 3.63) is 93.5 Å². The van der Waals surface area contributed by atoms with Gasteiger partial charge in [0.05, 0.1) is 25.8 Å². The first-order chi connectivity index (χ1) is 14.9. The van der Waals surface area contributed by atoms with Gasteiger partial charge >= 0.3 is 0 Å². The smallest absolute Gasteiger partial charge is 0.257 e. The third kappa shape index (κ3) is 3.95. The average molecular weight is 444 g/mol. The van der Waals surface area contributed by atoms with E-state index in [1.165, 1.54) is 12.0 Å². The van der Waals surface area contributed by atoms with E-state index in [0.29, 0.717) is 29.5 Å². The molecular weight excluding hydrogens is 424 g/mol. The van der Waals surface area contributed by atoms with Crippen molar-refractivity contribution in [3.8, 4) is 11.5 Å². The Labute approximate surface area is 184 Å². The molecule has 7 heteroatoms. The van der Waals surface area contributed by atoms with Crippen LogP contribution in [-0.2, 0) is 6.42 Å². The summed E-state index contributed by atoms with van der Waals surface area (Å²) in [5, 5.41) is 0.509. The quantitative estimate of drug-likeness (QED) is 0.540. The molecule has 31 heavy (non-hydrogen) atoms. The predicted octanol–water partition coefficient (Wildman–Crippen LogP) is 5.42. The van der Waals surface area contributed by atoms with Gasteiger partial charge in [-0.05, 0) is 65.6 Å². The van der Waals surface area contributed by atoms with Crippen LogP contribution >= 0.6 is 11.6 Å². The summed E-state index contributed by atoms with van der Waals surface area (Å²) in [7, 11) is 3.09. The zero-order valence-corrected chi connectivity index (χ0v) is 17.7. The van der Waals surface area contributed by atoms with Gasteiger partial charge in [-0.1, -0.05) is 23.7 Å². The van der Waals surface area contributed by atoms with Crippen molar-refractivity contribution >= 4 is 17.5 Å². The molecule has 3 aromatic rings. The second-order valence-electron chi connectivity index (χ2n) is 7.24. The Morgan fingerprint density at radius 1 is 1.03 bits per heavy atom. The lowest BCUT2D eigenvalue weighted by Gasteiger charge is -2.38. The molecule has 3 aromatic carbocycles. The molecule has 1 heterocycles. The highest BCUT2D eigenvalue weighted by Gasteiger charge is 2.35. The number of nitrogens with zero attached hydrogens (tertiary/aromatic N) is 1. The molecule has 1 unspecified atom stereocenters. The topological polar surface area (TPSA) is 38.8 Å². The number of benzene rings is 3. The van der Waals surface area contributed by atoms with Crippen molar-refractivity contribution in [2.45, 2.75) is 12.5 Å². The SMILES string of the molecule is COc1cc2c(cc1OC)C(c1cccc(Cl)c1)N(C(=O)c1cc(F)ccc1F)CC2. The summed E-state index contributed by atoms with van der Waals surface area (Å²) in [6.45, 7) is 0.314. The number of methoxy groups -OCH3 is 2. The van der Waals surface area contributed by atoms with Crippen LogP contribution in [0.25, 0.3) is 0 Å². The fourth-order valence-electron chi connectivity index (χ4n) is 4.02. The van der Waals surface area contributed by atoms with E-state index in [9.17, 15) is 13.6 Å². The van der Waals surface area contributed by atoms with Gasteiger partial charge < -0.3 is 14.4 Å². The van der Waals surface area contributed by atoms with Gasteiger partial charge in [-0.15, -0.1) is 0 Å². The average Bonchev–Trinajstić information content (AvgIpc) is 2.78. The minimum atomic E-state index is -0.769. The maximum atomic E-state index is 14.4. The number of rotatable bonds is 4. The third-order valence-corrected chi connectivity index (χ3v) is 5.69. The zero-order chi connectivity index (χ0) is 22.1. The lowest BCUT2D eigenvalue weighted by molar-refractivity contribution is 0.0688. The minimum Gasteiger partial charge on any atom is -0.493 e. The van der Waals surface area contributed by atoms with E-state index >= 15 is 0 Å². The van der Waals surface area contributed by atoms with E-state index in [4.69, 9.17) is 21.1 Å². The molecule has 0 spiro atoms. The first-order valence-electron chi connectivity index (χ1n) is 9.69. The molecule has 1 aliphatic rings. The third-order valence-electron chi connectivity index (χ3n) is 5.46. The molecule has 0 bridgehead atoms. The monoisotopic (exact) mass is 443 g/mol. The van der Waals surface area contributed by atoms with Crippen LogP contribution in [0.5, 0.6) is 11.5 Å². The molecule has 1 aliphatic heterocycles. The van der Waals surface area contributed by atoms with Crippen LogP contribution in [0.1, 0.15) is 33.1 Å². The number of halogens is 3. The summed E-state index contributed by atoms with van der Waals surface area (Å²) >= 11 is 6.23. The Morgan fingerprint density at radius 3 is 2.48 bits per heavy atom. The molecule has 0 fully saturated rings. The molecule has 1 amide bonds. The summed E-state index contributed by atoms with van der Waals surface area (Å²) < 4.78 is 39.1. The Morgan fingerprint density at radius 2 is 1.77 bits per heavy atom. The Balaban J connectivity index is 1.88. The standard InChI is InChI=1S/C24H20ClF2NO3/c1-30-21-11-14-8-9-28(24(29)19-12-17(26)6-7-20(19)27)23(18(14)13-22(21)31-2)15-4-3-5-16(25)10-15/h3-7,10-13,23H,8-9H2,1-2H3. The molecule has 160 valence electrons. The number of carbonyl (C=O) groups is 1. The lowest BCUT2D eigenvalue weighted by Crippen LogP contribution is -2.41. The van der Waals surface area contributed by atoms with Gasteiger partial charge in [0.2, 0.25) is 0 Å². The Hall–Kier alpha value is -3.12. The summed E-state index contributed by atoms with van der Waals surface area (Å²) in [5.74, 6) is -0.939. The predicted molar refractivity (Wildman–Crippen MR) is 114 cm³/mol. The number of hydrogen-bond donors (Lipinski definition) is 0. The van der Waals surface area contributed by atoms with Crippen LogP contribution in [-0.4, -0.2) is 31.6 Å². The van der Waals surface area contributed by atoms with Gasteiger partial charge in [0.1, 0.15) is 11.6 Å². The summed E-state index contributed by atoms with van der Waals surface area (Å²) in [4.78, 5) is 14.9. The van der Waals surface area contributed by atoms with Crippen LogP contribution in [0.3, 0.4) is 0 Å². The summed E-state index contributed by atoms with van der Waals surface area (Å²) in [6.07, 6.45) is 0.523. The van der Waals surface area contributed by atoms with Gasteiger partial charge in [0.25, 0.3) is 5.91 Å². The van der Waals surface area contributed by atoms with E-state index in [2.05, 4.69) is 0 Å². The van der Waals surface area contributed by atoms with Gasteiger partial charge in [-0.3, -0.25) is 4.79 Å². The first-order valence-corrected chi connectivity index (χ1v) is 10.1. The molecule has 0 saturated carbocycles. The molecule has 0 aliphatic carbocycles. The maximum absolute atomic E-state index is 14.4. The number of hydrogen-bond acceptors (Lipinski definition) is 3. The van der Waals surface area contributed by atoms with Crippen molar-refractivity contribution in [1.29, 1.82) is 0 Å².